The van der Waals surface area contributed by atoms with Crippen molar-refractivity contribution in [2.24, 2.45) is 5.92 Å². The fourth-order valence-electron chi connectivity index (χ4n) is 4.40. The van der Waals surface area contributed by atoms with E-state index in [2.05, 4.69) is 24.1 Å². The van der Waals surface area contributed by atoms with Crippen molar-refractivity contribution in [1.29, 1.82) is 0 Å². The second-order valence-electron chi connectivity index (χ2n) is 7.84. The third-order valence-corrected chi connectivity index (χ3v) is 6.00. The van der Waals surface area contributed by atoms with Gasteiger partial charge in [0, 0.05) is 25.2 Å². The van der Waals surface area contributed by atoms with Gasteiger partial charge >= 0.3 is 5.69 Å². The van der Waals surface area contributed by atoms with Gasteiger partial charge in [0.05, 0.1) is 12.5 Å². The lowest BCUT2D eigenvalue weighted by Gasteiger charge is -2.25. The molecule has 2 fully saturated rings. The van der Waals surface area contributed by atoms with E-state index in [1.54, 1.807) is 4.57 Å². The lowest BCUT2D eigenvalue weighted by atomic mass is 10.0. The molecule has 2 aliphatic rings. The zero-order valence-corrected chi connectivity index (χ0v) is 16.5. The second-order valence-corrected chi connectivity index (χ2v) is 7.84. The minimum Gasteiger partial charge on any atom is -0.492 e. The number of aromatic nitrogens is 2. The number of anilines is 1. The number of nitrogens with one attached hydrogen (secondary N) is 2. The molecule has 0 radical (unpaired) electrons. The number of nitrogens with zero attached hydrogens (tertiary/aromatic N) is 2. The first-order valence-corrected chi connectivity index (χ1v) is 9.99. The summed E-state index contributed by atoms with van der Waals surface area (Å²) in [6.45, 7) is 6.52. The van der Waals surface area contributed by atoms with Crippen LogP contribution in [0.5, 0.6) is 5.75 Å². The second kappa shape index (κ2) is 7.24. The van der Waals surface area contributed by atoms with Gasteiger partial charge in [-0.25, -0.2) is 9.18 Å². The summed E-state index contributed by atoms with van der Waals surface area (Å²) in [5.74, 6) is 0.180. The van der Waals surface area contributed by atoms with Crippen LogP contribution in [0.3, 0.4) is 0 Å². The van der Waals surface area contributed by atoms with Crippen LogP contribution in [0.15, 0.2) is 15.7 Å². The minimum atomic E-state index is -0.583. The van der Waals surface area contributed by atoms with Crippen LogP contribution >= 0.6 is 0 Å². The van der Waals surface area contributed by atoms with E-state index in [-0.39, 0.29) is 17.2 Å². The number of ether oxygens (including phenoxy) is 1. The Kier molecular flexibility index (Phi) is 4.91. The molecule has 0 bridgehead atoms. The van der Waals surface area contributed by atoms with Crippen molar-refractivity contribution in [3.8, 4) is 5.75 Å². The minimum absolute atomic E-state index is 0.0270. The van der Waals surface area contributed by atoms with E-state index >= 15 is 4.39 Å². The van der Waals surface area contributed by atoms with Gasteiger partial charge in [-0.15, -0.1) is 0 Å². The van der Waals surface area contributed by atoms with Crippen LogP contribution in [0.4, 0.5) is 10.1 Å². The molecular formula is C20H27FN4O3. The summed E-state index contributed by atoms with van der Waals surface area (Å²) in [5.41, 5.74) is -0.296. The van der Waals surface area contributed by atoms with Crippen LogP contribution in [0.1, 0.15) is 39.2 Å². The van der Waals surface area contributed by atoms with Gasteiger partial charge in [-0.05, 0) is 44.7 Å². The molecule has 2 N–H and O–H groups in total. The molecule has 1 aromatic heterocycles. The van der Waals surface area contributed by atoms with Crippen molar-refractivity contribution in [3.63, 3.8) is 0 Å². The van der Waals surface area contributed by atoms with Crippen molar-refractivity contribution >= 4 is 16.6 Å². The number of halogens is 1. The van der Waals surface area contributed by atoms with E-state index in [0.717, 1.165) is 25.8 Å². The SMILES string of the molecule is CCN[C@@H](C)[C@@H]1CCN(c2c(F)cc3c(=O)[nH]c(=O)n(C4CC4)c3c2OC)C1. The monoisotopic (exact) mass is 390 g/mol. The standard InChI is InChI=1S/C20H27FN4O3/c1-4-22-11(2)12-7-8-24(10-12)17-15(21)9-14-16(18(17)28-3)25(13-5-6-13)20(27)23-19(14)26/h9,11-13,22H,4-8,10H2,1-3H3,(H,23,26,27)/t11-,12+/m0/s1. The van der Waals surface area contributed by atoms with Crippen LogP contribution in [0.2, 0.25) is 0 Å². The van der Waals surface area contributed by atoms with Crippen LogP contribution in [-0.2, 0) is 0 Å². The lowest BCUT2D eigenvalue weighted by Crippen LogP contribution is -2.35. The van der Waals surface area contributed by atoms with Gasteiger partial charge in [-0.1, -0.05) is 6.92 Å². The Hall–Kier alpha value is -2.35. The highest BCUT2D eigenvalue weighted by Gasteiger charge is 2.34. The molecule has 0 amide bonds. The number of aromatic amines is 1. The number of hydrogen-bond donors (Lipinski definition) is 2. The molecule has 1 saturated heterocycles. The Labute approximate surface area is 162 Å². The molecule has 2 heterocycles. The molecule has 152 valence electrons. The Morgan fingerprint density at radius 3 is 2.75 bits per heavy atom. The summed E-state index contributed by atoms with van der Waals surface area (Å²) in [7, 11) is 1.47. The highest BCUT2D eigenvalue weighted by molar-refractivity contribution is 5.91. The lowest BCUT2D eigenvalue weighted by molar-refractivity contribution is 0.405. The number of hydrogen-bond acceptors (Lipinski definition) is 5. The van der Waals surface area contributed by atoms with Crippen molar-refractivity contribution < 1.29 is 9.13 Å². The maximum atomic E-state index is 15.1. The topological polar surface area (TPSA) is 79.4 Å². The van der Waals surface area contributed by atoms with Gasteiger partial charge in [0.15, 0.2) is 11.6 Å². The molecular weight excluding hydrogens is 363 g/mol. The fourth-order valence-corrected chi connectivity index (χ4v) is 4.40. The van der Waals surface area contributed by atoms with Gasteiger partial charge in [-0.2, -0.15) is 0 Å². The Bertz CT molecular complexity index is 1010. The van der Waals surface area contributed by atoms with Crippen molar-refractivity contribution in [2.45, 2.75) is 45.2 Å². The predicted octanol–water partition coefficient (Wildman–Crippen LogP) is 2.00. The van der Waals surface area contributed by atoms with Crippen molar-refractivity contribution in [3.05, 3.63) is 32.7 Å². The van der Waals surface area contributed by atoms with Crippen molar-refractivity contribution in [2.75, 3.05) is 31.6 Å². The number of rotatable bonds is 6. The maximum Gasteiger partial charge on any atom is 0.329 e. The van der Waals surface area contributed by atoms with Crippen LogP contribution < -0.4 is 26.2 Å². The van der Waals surface area contributed by atoms with Crippen LogP contribution in [-0.4, -0.2) is 42.3 Å². The molecule has 2 atom stereocenters. The van der Waals surface area contributed by atoms with Crippen molar-refractivity contribution in [1.82, 2.24) is 14.9 Å². The first kappa shape index (κ1) is 19.0. The molecule has 0 unspecified atom stereocenters. The maximum absolute atomic E-state index is 15.1. The van der Waals surface area contributed by atoms with Crippen LogP contribution in [0, 0.1) is 11.7 Å². The first-order valence-electron chi connectivity index (χ1n) is 9.99. The summed E-state index contributed by atoms with van der Waals surface area (Å²) in [6, 6.07) is 1.60. The predicted molar refractivity (Wildman–Crippen MR) is 107 cm³/mol. The largest absolute Gasteiger partial charge is 0.492 e. The zero-order chi connectivity index (χ0) is 20.0. The number of methoxy groups -OCH3 is 1. The van der Waals surface area contributed by atoms with Gasteiger partial charge in [0.1, 0.15) is 11.2 Å². The highest BCUT2D eigenvalue weighted by Crippen LogP contribution is 2.43. The zero-order valence-electron chi connectivity index (χ0n) is 16.5. The number of H-pyrrole nitrogens is 1. The molecule has 8 heteroatoms. The van der Waals surface area contributed by atoms with Crippen LogP contribution in [0.25, 0.3) is 10.9 Å². The average molecular weight is 390 g/mol. The molecule has 1 aromatic carbocycles. The Balaban J connectivity index is 1.86. The van der Waals surface area contributed by atoms with E-state index in [1.807, 2.05) is 4.90 Å². The van der Waals surface area contributed by atoms with E-state index in [1.165, 1.54) is 13.2 Å². The summed E-state index contributed by atoms with van der Waals surface area (Å²) >= 11 is 0. The molecule has 1 saturated carbocycles. The first-order chi connectivity index (χ1) is 13.5. The average Bonchev–Trinajstić information content (AvgIpc) is 3.37. The van der Waals surface area contributed by atoms with E-state index in [0.29, 0.717) is 36.3 Å². The van der Waals surface area contributed by atoms with Gasteiger partial charge in [-0.3, -0.25) is 14.3 Å². The van der Waals surface area contributed by atoms with Gasteiger partial charge < -0.3 is 15.0 Å². The summed E-state index contributed by atoms with van der Waals surface area (Å²) in [4.78, 5) is 29.1. The van der Waals surface area contributed by atoms with E-state index in [9.17, 15) is 9.59 Å². The molecule has 4 rings (SSSR count). The Morgan fingerprint density at radius 1 is 1.36 bits per heavy atom. The smallest absolute Gasteiger partial charge is 0.329 e. The van der Waals surface area contributed by atoms with E-state index in [4.69, 9.17) is 4.74 Å². The van der Waals surface area contributed by atoms with Gasteiger partial charge in [0.25, 0.3) is 5.56 Å². The molecule has 2 aromatic rings. The molecule has 0 spiro atoms. The number of fused-ring (bicyclic) bond motifs is 1. The molecule has 7 nitrogen and oxygen atoms in total. The third-order valence-electron chi connectivity index (χ3n) is 6.00. The molecule has 1 aliphatic heterocycles. The Morgan fingerprint density at radius 2 is 2.11 bits per heavy atom. The quantitative estimate of drug-likeness (QED) is 0.789. The third kappa shape index (κ3) is 3.09. The molecule has 1 aliphatic carbocycles. The normalized spacial score (nSPS) is 20.7. The summed E-state index contributed by atoms with van der Waals surface area (Å²) < 4.78 is 22.3. The summed E-state index contributed by atoms with van der Waals surface area (Å²) in [5, 5.41) is 3.59. The van der Waals surface area contributed by atoms with Gasteiger partial charge in [0.2, 0.25) is 0 Å². The number of benzene rings is 1. The summed E-state index contributed by atoms with van der Waals surface area (Å²) in [6.07, 6.45) is 2.67. The highest BCUT2D eigenvalue weighted by atomic mass is 19.1. The van der Waals surface area contributed by atoms with E-state index < -0.39 is 17.1 Å². The molecule has 28 heavy (non-hydrogen) atoms. The fraction of sp³-hybridized carbons (Fsp3) is 0.600.